The SMILES string of the molecule is C#CCC(=O)NCCNC. The maximum absolute atomic E-state index is 10.6. The van der Waals surface area contributed by atoms with Gasteiger partial charge in [0, 0.05) is 13.1 Å². The van der Waals surface area contributed by atoms with Gasteiger partial charge >= 0.3 is 0 Å². The Morgan fingerprint density at radius 2 is 2.30 bits per heavy atom. The molecule has 0 bridgehead atoms. The third-order valence-corrected chi connectivity index (χ3v) is 0.960. The summed E-state index contributed by atoms with van der Waals surface area (Å²) in [7, 11) is 1.83. The fourth-order valence-electron chi connectivity index (χ4n) is 0.482. The Kier molecular flexibility index (Phi) is 5.50. The molecule has 0 unspecified atom stereocenters. The van der Waals surface area contributed by atoms with E-state index in [4.69, 9.17) is 6.42 Å². The highest BCUT2D eigenvalue weighted by atomic mass is 16.1. The Morgan fingerprint density at radius 3 is 2.80 bits per heavy atom. The van der Waals surface area contributed by atoms with Gasteiger partial charge in [-0.3, -0.25) is 4.79 Å². The Labute approximate surface area is 61.2 Å². The van der Waals surface area contributed by atoms with Crippen molar-refractivity contribution in [3.8, 4) is 12.3 Å². The van der Waals surface area contributed by atoms with Crippen molar-refractivity contribution in [2.24, 2.45) is 0 Å². The lowest BCUT2D eigenvalue weighted by atomic mass is 10.4. The molecule has 0 heterocycles. The van der Waals surface area contributed by atoms with E-state index in [1.54, 1.807) is 0 Å². The number of carbonyl (C=O) groups excluding carboxylic acids is 1. The number of hydrogen-bond acceptors (Lipinski definition) is 2. The zero-order valence-electron chi connectivity index (χ0n) is 6.11. The second kappa shape index (κ2) is 6.12. The first-order valence-corrected chi connectivity index (χ1v) is 3.16. The minimum Gasteiger partial charge on any atom is -0.354 e. The summed E-state index contributed by atoms with van der Waals surface area (Å²) in [5.74, 6) is 2.18. The zero-order chi connectivity index (χ0) is 7.82. The Balaban J connectivity index is 3.15. The van der Waals surface area contributed by atoms with Gasteiger partial charge in [-0.25, -0.2) is 0 Å². The number of carbonyl (C=O) groups is 1. The van der Waals surface area contributed by atoms with Gasteiger partial charge in [0.2, 0.25) is 5.91 Å². The van der Waals surface area contributed by atoms with Gasteiger partial charge in [0.1, 0.15) is 0 Å². The normalized spacial score (nSPS) is 8.40. The van der Waals surface area contributed by atoms with Crippen LogP contribution in [0, 0.1) is 12.3 Å². The maximum Gasteiger partial charge on any atom is 0.232 e. The van der Waals surface area contributed by atoms with Crippen molar-refractivity contribution in [1.82, 2.24) is 10.6 Å². The molecule has 0 aliphatic rings. The van der Waals surface area contributed by atoms with E-state index >= 15 is 0 Å². The first-order valence-electron chi connectivity index (χ1n) is 3.16. The first kappa shape index (κ1) is 8.99. The molecule has 0 saturated heterocycles. The van der Waals surface area contributed by atoms with Crippen LogP contribution < -0.4 is 10.6 Å². The van der Waals surface area contributed by atoms with Crippen molar-refractivity contribution in [2.45, 2.75) is 6.42 Å². The number of hydrogen-bond donors (Lipinski definition) is 2. The predicted octanol–water partition coefficient (Wildman–Crippen LogP) is -0.655. The molecule has 0 aliphatic carbocycles. The summed E-state index contributed by atoms with van der Waals surface area (Å²) in [4.78, 5) is 10.6. The summed E-state index contributed by atoms with van der Waals surface area (Å²) in [6, 6.07) is 0. The molecule has 2 N–H and O–H groups in total. The summed E-state index contributed by atoms with van der Waals surface area (Å²) in [5.41, 5.74) is 0. The van der Waals surface area contributed by atoms with E-state index in [0.717, 1.165) is 6.54 Å². The van der Waals surface area contributed by atoms with E-state index in [9.17, 15) is 4.79 Å². The van der Waals surface area contributed by atoms with E-state index in [0.29, 0.717) is 6.54 Å². The van der Waals surface area contributed by atoms with Gasteiger partial charge in [-0.15, -0.1) is 6.42 Å². The minimum absolute atomic E-state index is 0.0854. The van der Waals surface area contributed by atoms with Crippen LogP contribution >= 0.6 is 0 Å². The molecule has 0 atom stereocenters. The van der Waals surface area contributed by atoms with Crippen LogP contribution in [0.2, 0.25) is 0 Å². The van der Waals surface area contributed by atoms with Crippen molar-refractivity contribution in [3.05, 3.63) is 0 Å². The van der Waals surface area contributed by atoms with E-state index in [1.165, 1.54) is 0 Å². The van der Waals surface area contributed by atoms with Crippen LogP contribution in [0.15, 0.2) is 0 Å². The number of terminal acetylenes is 1. The molecule has 0 radical (unpaired) electrons. The minimum atomic E-state index is -0.0854. The summed E-state index contributed by atoms with van der Waals surface area (Å²) in [6.07, 6.45) is 5.08. The molecule has 0 spiro atoms. The van der Waals surface area contributed by atoms with Crippen molar-refractivity contribution >= 4 is 5.91 Å². The van der Waals surface area contributed by atoms with Crippen molar-refractivity contribution in [2.75, 3.05) is 20.1 Å². The van der Waals surface area contributed by atoms with E-state index in [-0.39, 0.29) is 12.3 Å². The molecule has 1 amide bonds. The van der Waals surface area contributed by atoms with Gasteiger partial charge in [0.25, 0.3) is 0 Å². The van der Waals surface area contributed by atoms with Crippen LogP contribution in [0.1, 0.15) is 6.42 Å². The van der Waals surface area contributed by atoms with E-state index < -0.39 is 0 Å². The lowest BCUT2D eigenvalue weighted by molar-refractivity contribution is -0.120. The summed E-state index contributed by atoms with van der Waals surface area (Å²) in [5, 5.41) is 5.54. The molecule has 3 nitrogen and oxygen atoms in total. The second-order valence-corrected chi connectivity index (χ2v) is 1.83. The molecule has 0 rings (SSSR count). The van der Waals surface area contributed by atoms with Crippen molar-refractivity contribution < 1.29 is 4.79 Å². The third-order valence-electron chi connectivity index (χ3n) is 0.960. The lowest BCUT2D eigenvalue weighted by Crippen LogP contribution is -2.29. The number of rotatable bonds is 4. The molecule has 0 saturated carbocycles. The van der Waals surface area contributed by atoms with Gasteiger partial charge in [0.05, 0.1) is 6.42 Å². The average molecular weight is 140 g/mol. The Bertz CT molecular complexity index is 137. The maximum atomic E-state index is 10.6. The molecule has 0 aromatic heterocycles. The van der Waals surface area contributed by atoms with Crippen LogP contribution in [0.25, 0.3) is 0 Å². The fraction of sp³-hybridized carbons (Fsp3) is 0.571. The second-order valence-electron chi connectivity index (χ2n) is 1.83. The highest BCUT2D eigenvalue weighted by Gasteiger charge is 1.93. The standard InChI is InChI=1S/C7H12N2O/c1-3-4-7(10)9-6-5-8-2/h1,8H,4-6H2,2H3,(H,9,10). The van der Waals surface area contributed by atoms with Gasteiger partial charge in [-0.1, -0.05) is 5.92 Å². The predicted molar refractivity (Wildman–Crippen MR) is 40.4 cm³/mol. The molecule has 3 heteroatoms. The van der Waals surface area contributed by atoms with Crippen LogP contribution in [0.3, 0.4) is 0 Å². The van der Waals surface area contributed by atoms with Crippen LogP contribution in [0.4, 0.5) is 0 Å². The molecule has 0 fully saturated rings. The smallest absolute Gasteiger partial charge is 0.232 e. The molecular formula is C7H12N2O. The quantitative estimate of drug-likeness (QED) is 0.402. The average Bonchev–Trinajstić information content (AvgIpc) is 1.89. The van der Waals surface area contributed by atoms with Crippen molar-refractivity contribution in [1.29, 1.82) is 0 Å². The largest absolute Gasteiger partial charge is 0.354 e. The van der Waals surface area contributed by atoms with E-state index in [1.807, 2.05) is 7.05 Å². The van der Waals surface area contributed by atoms with Crippen molar-refractivity contribution in [3.63, 3.8) is 0 Å². The number of nitrogens with one attached hydrogen (secondary N) is 2. The highest BCUT2D eigenvalue weighted by Crippen LogP contribution is 1.72. The molecule has 10 heavy (non-hydrogen) atoms. The van der Waals surface area contributed by atoms with Crippen LogP contribution in [-0.4, -0.2) is 26.0 Å². The number of amides is 1. The zero-order valence-corrected chi connectivity index (χ0v) is 6.11. The monoisotopic (exact) mass is 140 g/mol. The first-order chi connectivity index (χ1) is 4.81. The van der Waals surface area contributed by atoms with Gasteiger partial charge in [0.15, 0.2) is 0 Å². The summed E-state index contributed by atoms with van der Waals surface area (Å²) in [6.45, 7) is 1.41. The van der Waals surface area contributed by atoms with Crippen LogP contribution in [-0.2, 0) is 4.79 Å². The molecule has 56 valence electrons. The summed E-state index contributed by atoms with van der Waals surface area (Å²) < 4.78 is 0. The topological polar surface area (TPSA) is 41.1 Å². The van der Waals surface area contributed by atoms with Crippen LogP contribution in [0.5, 0.6) is 0 Å². The Hall–Kier alpha value is -1.01. The van der Waals surface area contributed by atoms with E-state index in [2.05, 4.69) is 16.6 Å². The molecule has 0 aromatic rings. The van der Waals surface area contributed by atoms with Gasteiger partial charge in [-0.2, -0.15) is 0 Å². The molecular weight excluding hydrogens is 128 g/mol. The molecule has 0 aromatic carbocycles. The van der Waals surface area contributed by atoms with Gasteiger partial charge < -0.3 is 10.6 Å². The van der Waals surface area contributed by atoms with Gasteiger partial charge in [-0.05, 0) is 7.05 Å². The summed E-state index contributed by atoms with van der Waals surface area (Å²) >= 11 is 0. The lowest BCUT2D eigenvalue weighted by Gasteiger charge is -2.00. The number of likely N-dealkylation sites (N-methyl/N-ethyl adjacent to an activating group) is 1. The molecule has 0 aliphatic heterocycles. The highest BCUT2D eigenvalue weighted by molar-refractivity contribution is 5.78. The Morgan fingerprint density at radius 1 is 1.60 bits per heavy atom. The third kappa shape index (κ3) is 5.13. The fourth-order valence-corrected chi connectivity index (χ4v) is 0.482.